The second-order valence-corrected chi connectivity index (χ2v) is 5.63. The van der Waals surface area contributed by atoms with Gasteiger partial charge in [-0.25, -0.2) is 9.59 Å². The van der Waals surface area contributed by atoms with Crippen molar-refractivity contribution in [1.82, 2.24) is 4.98 Å². The van der Waals surface area contributed by atoms with Crippen molar-refractivity contribution < 1.29 is 80.5 Å². The topological polar surface area (TPSA) is 155 Å². The molecule has 32 heavy (non-hydrogen) atoms. The van der Waals surface area contributed by atoms with Crippen LogP contribution in [0.1, 0.15) is 27.8 Å². The Balaban J connectivity index is -0.0000000344. The molecule has 171 valence electrons. The van der Waals surface area contributed by atoms with Crippen LogP contribution in [0.5, 0.6) is 0 Å². The van der Waals surface area contributed by atoms with Crippen LogP contribution in [0.25, 0.3) is 11.5 Å². The number of H-pyrrole nitrogens is 1. The summed E-state index contributed by atoms with van der Waals surface area (Å²) in [6, 6.07) is 7.79. The smallest absolute Gasteiger partial charge is 0.699 e. The summed E-state index contributed by atoms with van der Waals surface area (Å²) < 4.78 is 1.22. The van der Waals surface area contributed by atoms with Gasteiger partial charge in [-0.15, -0.1) is 5.69 Å². The Hall–Kier alpha value is -2.60. The Morgan fingerprint density at radius 2 is 1.41 bits per heavy atom. The van der Waals surface area contributed by atoms with Crippen LogP contribution in [0.3, 0.4) is 0 Å². The van der Waals surface area contributed by atoms with Crippen LogP contribution in [-0.4, -0.2) is 31.6 Å². The molecule has 1 radical (unpaired) electrons. The zero-order valence-electron chi connectivity index (χ0n) is 18.3. The summed E-state index contributed by atoms with van der Waals surface area (Å²) in [6.45, 7) is 2.11. The number of aromatic nitrogens is 1. The second-order valence-electron chi connectivity index (χ2n) is 4.10. The largest absolute Gasteiger partial charge is 2.00 e. The molecule has 0 bridgehead atoms. The quantitative estimate of drug-likeness (QED) is 0.203. The molecule has 0 spiro atoms. The molecule has 1 aromatic carbocycles. The summed E-state index contributed by atoms with van der Waals surface area (Å²) in [5.41, 5.74) is 13.7. The molecule has 0 saturated carbocycles. The Labute approximate surface area is 232 Å². The Morgan fingerprint density at radius 3 is 1.69 bits per heavy atom. The minimum Gasteiger partial charge on any atom is -0.699 e. The number of carbonyl (C=O) groups is 2. The first-order valence-corrected chi connectivity index (χ1v) is 8.04. The molecule has 2 aromatic rings. The van der Waals surface area contributed by atoms with Crippen molar-refractivity contribution in [3.05, 3.63) is 91.6 Å². The monoisotopic (exact) mass is 1440 g/mol. The fourth-order valence-corrected chi connectivity index (χ4v) is 1.31. The normalized spacial score (nSPS) is 6.69. The number of carboxylic acids is 2. The van der Waals surface area contributed by atoms with Gasteiger partial charge in [-0.1, -0.05) is 53.5 Å². The van der Waals surface area contributed by atoms with Crippen molar-refractivity contribution in [3.63, 3.8) is 0 Å². The number of hydrogen-bond donors (Lipinski definition) is 3. The fourth-order valence-electron chi connectivity index (χ4n) is 1.31. The molecule has 0 amide bonds. The van der Waals surface area contributed by atoms with E-state index in [0.29, 0.717) is 0 Å². The second kappa shape index (κ2) is 30.6. The minimum atomic E-state index is -1.24. The van der Waals surface area contributed by atoms with E-state index in [9.17, 15) is 14.4 Å². The van der Waals surface area contributed by atoms with Crippen molar-refractivity contribution in [2.75, 3.05) is 4.43 Å². The van der Waals surface area contributed by atoms with Crippen molar-refractivity contribution in [2.45, 2.75) is 6.92 Å². The molecular formula is C18H25IN3O5Rf2VW2-. The molecule has 0 atom stereocenters. The van der Waals surface area contributed by atoms with Crippen LogP contribution >= 0.6 is 22.6 Å². The van der Waals surface area contributed by atoms with Crippen molar-refractivity contribution >= 4 is 46.0 Å². The number of halogens is 1. The molecule has 2 rings (SSSR count). The van der Waals surface area contributed by atoms with E-state index in [2.05, 4.69) is 34.5 Å². The fraction of sp³-hybridized carbons (Fsp3) is 0.111. The van der Waals surface area contributed by atoms with Crippen molar-refractivity contribution in [3.8, 4) is 0 Å². The molecule has 1 heterocycles. The van der Waals surface area contributed by atoms with Gasteiger partial charge in [0, 0.05) is 24.2 Å². The van der Waals surface area contributed by atoms with Gasteiger partial charge in [0.1, 0.15) is 0 Å². The van der Waals surface area contributed by atoms with Crippen LogP contribution in [0, 0.1) is 22.3 Å². The van der Waals surface area contributed by atoms with Crippen molar-refractivity contribution in [2.24, 2.45) is 0 Å². The van der Waals surface area contributed by atoms with E-state index in [4.69, 9.17) is 21.7 Å². The molecule has 14 heteroatoms. The molecular weight excluding hydrogens is 1420 g/mol. The number of nitrogens with one attached hydrogen (secondary N) is 3. The van der Waals surface area contributed by atoms with Gasteiger partial charge >= 0.3 is 54.1 Å². The Bertz CT molecular complexity index is 775. The number of rotatable bonds is 2. The van der Waals surface area contributed by atoms with E-state index >= 15 is 0 Å². The van der Waals surface area contributed by atoms with E-state index in [1.807, 2.05) is 0 Å². The summed E-state index contributed by atoms with van der Waals surface area (Å²) in [5, 5.41) is 16.8. The molecule has 1 aromatic heterocycles. The first kappa shape index (κ1) is 57.0. The summed E-state index contributed by atoms with van der Waals surface area (Å²) in [6.07, 6.45) is 0. The Morgan fingerprint density at radius 1 is 0.969 bits per heavy atom. The predicted octanol–water partition coefficient (Wildman–Crippen LogP) is 5.61. The first-order chi connectivity index (χ1) is 11.2. The average molecular weight is 1440 g/mol. The molecule has 8 nitrogen and oxygen atoms in total. The maximum Gasteiger partial charge on any atom is 2.00 e. The van der Waals surface area contributed by atoms with Gasteiger partial charge in [-0.05, 0) is 22.6 Å². The third-order valence-electron chi connectivity index (χ3n) is 2.18. The van der Waals surface area contributed by atoms with Gasteiger partial charge in [0.05, 0.1) is 5.56 Å². The molecule has 0 unspecified atom stereocenters. The number of aromatic amines is 1. The summed E-state index contributed by atoms with van der Waals surface area (Å²) in [4.78, 5) is 33.3. The number of aromatic carboxylic acids is 2. The van der Waals surface area contributed by atoms with Gasteiger partial charge in [0.15, 0.2) is 5.43 Å². The summed E-state index contributed by atoms with van der Waals surface area (Å²) in [7, 11) is 0. The number of hydrogen-bond acceptors (Lipinski definition) is 3. The number of alkyl halides is 1. The van der Waals surface area contributed by atoms with E-state index < -0.39 is 17.4 Å². The van der Waals surface area contributed by atoms with Crippen LogP contribution in [-0.2, 0) is 60.7 Å². The molecule has 5 N–H and O–H groups in total. The zero-order valence-corrected chi connectivity index (χ0v) is 40.6. The SMILES string of the molecule is CCI.[CH3-].[CH3-].[CH3-].[NH-]c1cc(=O)cc(C(=O)O)[nH]1.[NH-]c1cccc(C(=O)O)c1.[Rf].[Rf].[V].[W+2].[W+2]. The van der Waals surface area contributed by atoms with E-state index in [0.717, 1.165) is 12.1 Å². The molecule has 0 aliphatic carbocycles. The van der Waals surface area contributed by atoms with Crippen LogP contribution in [0.15, 0.2) is 41.2 Å². The maximum atomic E-state index is 10.6. The molecule has 0 fully saturated rings. The number of benzene rings is 1. The third-order valence-corrected chi connectivity index (χ3v) is 2.18. The average Bonchev–Trinajstić information content (AvgIpc) is 2.47. The van der Waals surface area contributed by atoms with Gasteiger partial charge in [0.2, 0.25) is 0 Å². The number of pyridine rings is 1. The Kier molecular flexibility index (Phi) is 54.5. The first-order valence-electron chi connectivity index (χ1n) is 6.51. The van der Waals surface area contributed by atoms with Crippen molar-refractivity contribution in [1.29, 1.82) is 0 Å². The van der Waals surface area contributed by atoms with Gasteiger partial charge in [-0.3, -0.25) is 4.79 Å². The third kappa shape index (κ3) is 25.4. The predicted molar refractivity (Wildman–Crippen MR) is 119 cm³/mol. The van der Waals surface area contributed by atoms with Gasteiger partial charge in [0.25, 0.3) is 0 Å². The maximum absolute atomic E-state index is 10.6. The van der Waals surface area contributed by atoms with E-state index in [1.165, 1.54) is 22.6 Å². The van der Waals surface area contributed by atoms with Crippen LogP contribution in [0.2, 0.25) is 0 Å². The van der Waals surface area contributed by atoms with E-state index in [1.54, 1.807) is 6.07 Å². The van der Waals surface area contributed by atoms with Crippen LogP contribution in [0.4, 0.5) is 11.5 Å². The minimum absolute atomic E-state index is 0. The standard InChI is InChI=1S/C7H6NO2.C6H6N2O3.C2H5I.3CH3.2Rf.V.2W/c8-6-3-1-2-5(4-6)7(9)10;7-5-2-3(9)1-4(8-5)6(10)11;1-2-3;;;;;;;;/h1-4,8H,(H,9,10);1-2H,(H4,7,8,9,10,11);2H2,1H3;3*1H3;;;;;/q-1;;;3*-1;;;;2*+2/p-1. The number of carboxylic acid groups (broad SMARTS) is 2. The van der Waals surface area contributed by atoms with Gasteiger partial charge in [-0.2, -0.15) is 0 Å². The summed E-state index contributed by atoms with van der Waals surface area (Å²) in [5.74, 6) is -2.43. The van der Waals surface area contributed by atoms with Crippen LogP contribution < -0.4 is 5.43 Å². The zero-order chi connectivity index (χ0) is 18.7. The summed E-state index contributed by atoms with van der Waals surface area (Å²) >= 11 is 2.29. The molecule has 0 aliphatic rings. The molecule has 0 aliphatic heterocycles. The molecule has 0 saturated heterocycles. The van der Waals surface area contributed by atoms with E-state index in [-0.39, 0.29) is 106 Å². The van der Waals surface area contributed by atoms with Gasteiger partial charge < -0.3 is 48.9 Å².